The van der Waals surface area contributed by atoms with Crippen LogP contribution in [-0.2, 0) is 13.1 Å². The molecule has 0 spiro atoms. The van der Waals surface area contributed by atoms with Crippen LogP contribution in [0.2, 0.25) is 0 Å². The standard InChI is InChI=1S/C15H26N2O/c1-15(2,3)12-6-8-17(9-7-12)11-14-5-4-13(10-16)18-14/h4-5,12H,6-11,16H2,1-3H3. The molecular formula is C15H26N2O. The molecule has 1 aromatic rings. The molecule has 3 heteroatoms. The molecule has 2 rings (SSSR count). The number of hydrogen-bond donors (Lipinski definition) is 1. The van der Waals surface area contributed by atoms with E-state index in [1.165, 1.54) is 25.9 Å². The molecule has 2 N–H and O–H groups in total. The number of nitrogens with two attached hydrogens (primary N) is 1. The molecular weight excluding hydrogens is 224 g/mol. The Balaban J connectivity index is 1.83. The van der Waals surface area contributed by atoms with Gasteiger partial charge in [0.15, 0.2) is 0 Å². The molecule has 1 aliphatic heterocycles. The zero-order chi connectivity index (χ0) is 13.2. The summed E-state index contributed by atoms with van der Waals surface area (Å²) in [5.41, 5.74) is 6.00. The van der Waals surface area contributed by atoms with Crippen LogP contribution >= 0.6 is 0 Å². The van der Waals surface area contributed by atoms with Gasteiger partial charge < -0.3 is 10.2 Å². The van der Waals surface area contributed by atoms with E-state index >= 15 is 0 Å². The highest BCUT2D eigenvalue weighted by atomic mass is 16.3. The Labute approximate surface area is 110 Å². The van der Waals surface area contributed by atoms with Crippen LogP contribution in [-0.4, -0.2) is 18.0 Å². The van der Waals surface area contributed by atoms with E-state index in [4.69, 9.17) is 10.2 Å². The maximum absolute atomic E-state index is 5.66. The summed E-state index contributed by atoms with van der Waals surface area (Å²) in [7, 11) is 0. The number of furan rings is 1. The lowest BCUT2D eigenvalue weighted by atomic mass is 9.75. The van der Waals surface area contributed by atoms with Gasteiger partial charge in [-0.15, -0.1) is 0 Å². The highest BCUT2D eigenvalue weighted by molar-refractivity contribution is 5.06. The molecule has 0 aliphatic carbocycles. The minimum atomic E-state index is 0.448. The molecule has 0 unspecified atom stereocenters. The predicted octanol–water partition coefficient (Wildman–Crippen LogP) is 3.00. The van der Waals surface area contributed by atoms with E-state index in [9.17, 15) is 0 Å². The predicted molar refractivity (Wildman–Crippen MR) is 74.1 cm³/mol. The number of likely N-dealkylation sites (tertiary alicyclic amines) is 1. The topological polar surface area (TPSA) is 42.4 Å². The molecule has 0 bridgehead atoms. The average molecular weight is 250 g/mol. The minimum Gasteiger partial charge on any atom is -0.463 e. The van der Waals surface area contributed by atoms with Crippen LogP contribution in [0, 0.1) is 11.3 Å². The zero-order valence-electron chi connectivity index (χ0n) is 11.9. The van der Waals surface area contributed by atoms with Gasteiger partial charge in [0, 0.05) is 0 Å². The van der Waals surface area contributed by atoms with Gasteiger partial charge in [0.25, 0.3) is 0 Å². The first kappa shape index (κ1) is 13.6. The molecule has 0 amide bonds. The summed E-state index contributed by atoms with van der Waals surface area (Å²) in [4.78, 5) is 2.49. The second-order valence-corrected chi connectivity index (χ2v) is 6.49. The molecule has 1 saturated heterocycles. The average Bonchev–Trinajstić information content (AvgIpc) is 2.76. The monoisotopic (exact) mass is 250 g/mol. The Hall–Kier alpha value is -0.800. The van der Waals surface area contributed by atoms with Crippen molar-refractivity contribution in [2.24, 2.45) is 17.1 Å². The molecule has 3 nitrogen and oxygen atoms in total. The van der Waals surface area contributed by atoms with Gasteiger partial charge in [-0.2, -0.15) is 0 Å². The third-order valence-electron chi connectivity index (χ3n) is 4.11. The Morgan fingerprint density at radius 2 is 1.83 bits per heavy atom. The number of rotatable bonds is 3. The zero-order valence-corrected chi connectivity index (χ0v) is 11.9. The molecule has 0 saturated carbocycles. The number of hydrogen-bond acceptors (Lipinski definition) is 3. The second-order valence-electron chi connectivity index (χ2n) is 6.49. The summed E-state index contributed by atoms with van der Waals surface area (Å²) < 4.78 is 5.66. The lowest BCUT2D eigenvalue weighted by Crippen LogP contribution is -2.37. The minimum absolute atomic E-state index is 0.448. The van der Waals surface area contributed by atoms with Crippen molar-refractivity contribution in [1.82, 2.24) is 4.90 Å². The van der Waals surface area contributed by atoms with Gasteiger partial charge in [0.1, 0.15) is 11.5 Å². The quantitative estimate of drug-likeness (QED) is 0.896. The van der Waals surface area contributed by atoms with Crippen LogP contribution in [0.15, 0.2) is 16.5 Å². The first-order valence-corrected chi connectivity index (χ1v) is 6.99. The van der Waals surface area contributed by atoms with Crippen molar-refractivity contribution in [2.75, 3.05) is 13.1 Å². The Morgan fingerprint density at radius 1 is 1.22 bits per heavy atom. The van der Waals surface area contributed by atoms with Crippen LogP contribution in [0.5, 0.6) is 0 Å². The smallest absolute Gasteiger partial charge is 0.118 e. The first-order chi connectivity index (χ1) is 8.49. The maximum Gasteiger partial charge on any atom is 0.118 e. The van der Waals surface area contributed by atoms with E-state index in [2.05, 4.69) is 31.7 Å². The van der Waals surface area contributed by atoms with E-state index < -0.39 is 0 Å². The van der Waals surface area contributed by atoms with Crippen molar-refractivity contribution in [3.05, 3.63) is 23.7 Å². The fraction of sp³-hybridized carbons (Fsp3) is 0.733. The van der Waals surface area contributed by atoms with E-state index in [0.29, 0.717) is 12.0 Å². The van der Waals surface area contributed by atoms with Gasteiger partial charge in [-0.1, -0.05) is 20.8 Å². The van der Waals surface area contributed by atoms with E-state index in [1.54, 1.807) is 0 Å². The second kappa shape index (κ2) is 5.45. The first-order valence-electron chi connectivity index (χ1n) is 6.99. The van der Waals surface area contributed by atoms with Gasteiger partial charge in [-0.3, -0.25) is 4.90 Å². The SMILES string of the molecule is CC(C)(C)C1CCN(Cc2ccc(CN)o2)CC1. The van der Waals surface area contributed by atoms with Gasteiger partial charge >= 0.3 is 0 Å². The third-order valence-corrected chi connectivity index (χ3v) is 4.11. The fourth-order valence-electron chi connectivity index (χ4n) is 2.79. The van der Waals surface area contributed by atoms with Crippen molar-refractivity contribution in [1.29, 1.82) is 0 Å². The molecule has 1 fully saturated rings. The largest absolute Gasteiger partial charge is 0.463 e. The molecule has 1 aliphatic rings. The highest BCUT2D eigenvalue weighted by Gasteiger charge is 2.28. The van der Waals surface area contributed by atoms with Crippen molar-refractivity contribution in [3.63, 3.8) is 0 Å². The highest BCUT2D eigenvalue weighted by Crippen LogP contribution is 2.34. The Bertz CT molecular complexity index is 370. The lowest BCUT2D eigenvalue weighted by Gasteiger charge is -2.38. The molecule has 0 atom stereocenters. The third kappa shape index (κ3) is 3.36. The molecule has 0 aromatic carbocycles. The molecule has 18 heavy (non-hydrogen) atoms. The van der Waals surface area contributed by atoms with E-state index in [0.717, 1.165) is 24.0 Å². The van der Waals surface area contributed by atoms with Crippen molar-refractivity contribution in [2.45, 2.75) is 46.7 Å². The summed E-state index contributed by atoms with van der Waals surface area (Å²) >= 11 is 0. The van der Waals surface area contributed by atoms with Crippen LogP contribution in [0.1, 0.15) is 45.1 Å². The van der Waals surface area contributed by atoms with Crippen LogP contribution in [0.4, 0.5) is 0 Å². The summed E-state index contributed by atoms with van der Waals surface area (Å²) in [6.45, 7) is 10.8. The normalized spacial score (nSPS) is 19.3. The lowest BCUT2D eigenvalue weighted by molar-refractivity contribution is 0.103. The van der Waals surface area contributed by atoms with E-state index in [1.807, 2.05) is 6.07 Å². The van der Waals surface area contributed by atoms with Crippen molar-refractivity contribution in [3.8, 4) is 0 Å². The maximum atomic E-state index is 5.66. The van der Waals surface area contributed by atoms with Crippen LogP contribution in [0.25, 0.3) is 0 Å². The van der Waals surface area contributed by atoms with Crippen LogP contribution < -0.4 is 5.73 Å². The van der Waals surface area contributed by atoms with Crippen molar-refractivity contribution < 1.29 is 4.42 Å². The van der Waals surface area contributed by atoms with Gasteiger partial charge in [-0.05, 0) is 49.4 Å². The molecule has 0 radical (unpaired) electrons. The summed E-state index contributed by atoms with van der Waals surface area (Å²) in [6, 6.07) is 4.04. The number of piperidine rings is 1. The van der Waals surface area contributed by atoms with Gasteiger partial charge in [0.05, 0.1) is 13.1 Å². The summed E-state index contributed by atoms with van der Waals surface area (Å²) in [6.07, 6.45) is 2.60. The fourth-order valence-corrected chi connectivity index (χ4v) is 2.79. The van der Waals surface area contributed by atoms with Gasteiger partial charge in [-0.25, -0.2) is 0 Å². The summed E-state index contributed by atoms with van der Waals surface area (Å²) in [5.74, 6) is 2.78. The number of nitrogens with zero attached hydrogens (tertiary/aromatic N) is 1. The Kier molecular flexibility index (Phi) is 4.13. The van der Waals surface area contributed by atoms with Gasteiger partial charge in [0.2, 0.25) is 0 Å². The molecule has 1 aromatic heterocycles. The molecule has 102 valence electrons. The van der Waals surface area contributed by atoms with Crippen molar-refractivity contribution >= 4 is 0 Å². The molecule has 2 heterocycles. The summed E-state index contributed by atoms with van der Waals surface area (Å²) in [5, 5.41) is 0. The van der Waals surface area contributed by atoms with Crippen LogP contribution in [0.3, 0.4) is 0 Å². The van der Waals surface area contributed by atoms with E-state index in [-0.39, 0.29) is 0 Å². The Morgan fingerprint density at radius 3 is 2.33 bits per heavy atom.